The number of benzene rings is 1. The van der Waals surface area contributed by atoms with Gasteiger partial charge in [0, 0.05) is 12.6 Å². The van der Waals surface area contributed by atoms with Gasteiger partial charge in [0.1, 0.15) is 5.82 Å². The molecule has 154 valence electrons. The molecule has 3 aromatic rings. The second-order valence-electron chi connectivity index (χ2n) is 7.34. The van der Waals surface area contributed by atoms with E-state index in [0.29, 0.717) is 16.2 Å². The van der Waals surface area contributed by atoms with Crippen LogP contribution in [0, 0.1) is 5.82 Å². The molecule has 1 aromatic carbocycles. The summed E-state index contributed by atoms with van der Waals surface area (Å²) in [6, 6.07) is 10.2. The maximum atomic E-state index is 13.1. The van der Waals surface area contributed by atoms with E-state index >= 15 is 0 Å². The van der Waals surface area contributed by atoms with Gasteiger partial charge in [-0.2, -0.15) is 18.3 Å². The number of halogens is 4. The Morgan fingerprint density at radius 2 is 1.79 bits per heavy atom. The molecule has 1 N–H and O–H groups in total. The summed E-state index contributed by atoms with van der Waals surface area (Å²) >= 11 is 1.09. The lowest BCUT2D eigenvalue weighted by atomic mass is 9.95. The predicted octanol–water partition coefficient (Wildman–Crippen LogP) is 5.06. The Morgan fingerprint density at radius 1 is 1.14 bits per heavy atom. The zero-order chi connectivity index (χ0) is 21.4. The number of hydrogen-bond acceptors (Lipinski definition) is 3. The minimum absolute atomic E-state index is 0.284. The molecular weight excluding hydrogens is 406 g/mol. The molecular formula is C20H19F4N3OS. The van der Waals surface area contributed by atoms with Crippen LogP contribution >= 0.6 is 11.3 Å². The van der Waals surface area contributed by atoms with Gasteiger partial charge in [0.25, 0.3) is 5.91 Å². The number of thiophene rings is 1. The van der Waals surface area contributed by atoms with Crippen LogP contribution in [0.5, 0.6) is 0 Å². The molecule has 4 nitrogen and oxygen atoms in total. The van der Waals surface area contributed by atoms with Gasteiger partial charge in [-0.3, -0.25) is 9.48 Å². The zero-order valence-electron chi connectivity index (χ0n) is 16.0. The van der Waals surface area contributed by atoms with E-state index in [2.05, 4.69) is 10.4 Å². The highest BCUT2D eigenvalue weighted by atomic mass is 32.1. The first-order valence-corrected chi connectivity index (χ1v) is 9.55. The predicted molar refractivity (Wildman–Crippen MR) is 103 cm³/mol. The lowest BCUT2D eigenvalue weighted by molar-refractivity contribution is -0.141. The summed E-state index contributed by atoms with van der Waals surface area (Å²) in [4.78, 5) is 13.5. The van der Waals surface area contributed by atoms with Gasteiger partial charge in [0.15, 0.2) is 5.69 Å². The number of alkyl halides is 3. The van der Waals surface area contributed by atoms with E-state index in [0.717, 1.165) is 27.6 Å². The van der Waals surface area contributed by atoms with Crippen molar-refractivity contribution in [1.82, 2.24) is 15.1 Å². The number of carbonyl (C=O) groups excluding carboxylic acids is 1. The van der Waals surface area contributed by atoms with Gasteiger partial charge in [-0.1, -0.05) is 12.1 Å². The summed E-state index contributed by atoms with van der Waals surface area (Å²) in [5, 5.41) is 6.42. The summed E-state index contributed by atoms with van der Waals surface area (Å²) in [5.74, 6) is -0.655. The van der Waals surface area contributed by atoms with Crippen LogP contribution in [-0.2, 0) is 19.6 Å². The molecule has 0 atom stereocenters. The van der Waals surface area contributed by atoms with Gasteiger partial charge in [-0.15, -0.1) is 11.3 Å². The fourth-order valence-electron chi connectivity index (χ4n) is 2.96. The number of hydrogen-bond donors (Lipinski definition) is 1. The first kappa shape index (κ1) is 21.0. The summed E-state index contributed by atoms with van der Waals surface area (Å²) in [5.41, 5.74) is -0.422. The summed E-state index contributed by atoms with van der Waals surface area (Å²) in [7, 11) is 1.43. The van der Waals surface area contributed by atoms with Crippen molar-refractivity contribution in [2.45, 2.75) is 32.0 Å². The molecule has 0 aliphatic heterocycles. The molecule has 0 saturated carbocycles. The van der Waals surface area contributed by atoms with Crippen LogP contribution in [-0.4, -0.2) is 21.2 Å². The van der Waals surface area contributed by atoms with Crippen molar-refractivity contribution in [2.75, 3.05) is 0 Å². The number of carbonyl (C=O) groups is 1. The second-order valence-corrected chi connectivity index (χ2v) is 8.43. The van der Waals surface area contributed by atoms with Crippen LogP contribution in [0.25, 0.3) is 10.6 Å². The molecule has 2 aromatic heterocycles. The van der Waals surface area contributed by atoms with Crippen LogP contribution < -0.4 is 5.32 Å². The molecule has 0 unspecified atom stereocenters. The number of aromatic nitrogens is 2. The molecule has 29 heavy (non-hydrogen) atoms. The summed E-state index contributed by atoms with van der Waals surface area (Å²) in [6.07, 6.45) is -4.04. The number of amides is 1. The van der Waals surface area contributed by atoms with Crippen molar-refractivity contribution >= 4 is 17.2 Å². The van der Waals surface area contributed by atoms with Crippen molar-refractivity contribution in [3.05, 3.63) is 64.4 Å². The van der Waals surface area contributed by atoms with Crippen LogP contribution in [0.4, 0.5) is 17.6 Å². The Bertz CT molecular complexity index is 1020. The van der Waals surface area contributed by atoms with Crippen molar-refractivity contribution in [1.29, 1.82) is 0 Å². The number of rotatable bonds is 5. The van der Waals surface area contributed by atoms with Gasteiger partial charge < -0.3 is 5.32 Å². The number of nitrogens with one attached hydrogen (secondary N) is 1. The van der Waals surface area contributed by atoms with Gasteiger partial charge >= 0.3 is 6.18 Å². The topological polar surface area (TPSA) is 46.9 Å². The Hall–Kier alpha value is -2.68. The molecule has 2 heterocycles. The van der Waals surface area contributed by atoms with Gasteiger partial charge in [-0.05, 0) is 56.2 Å². The Labute approximate surface area is 169 Å². The average molecular weight is 425 g/mol. The van der Waals surface area contributed by atoms with Gasteiger partial charge in [-0.25, -0.2) is 4.39 Å². The van der Waals surface area contributed by atoms with Crippen LogP contribution in [0.2, 0.25) is 0 Å². The second kappa shape index (κ2) is 7.62. The van der Waals surface area contributed by atoms with Crippen molar-refractivity contribution in [3.8, 4) is 10.6 Å². The minimum atomic E-state index is -4.53. The molecule has 0 aliphatic carbocycles. The van der Waals surface area contributed by atoms with Crippen molar-refractivity contribution in [2.24, 2.45) is 7.05 Å². The molecule has 0 aliphatic rings. The van der Waals surface area contributed by atoms with E-state index < -0.39 is 17.4 Å². The molecule has 0 radical (unpaired) electrons. The largest absolute Gasteiger partial charge is 0.435 e. The number of nitrogens with zero attached hydrogens (tertiary/aromatic N) is 2. The molecule has 9 heteroatoms. The smallest absolute Gasteiger partial charge is 0.346 e. The van der Waals surface area contributed by atoms with Crippen LogP contribution in [0.3, 0.4) is 0 Å². The molecule has 1 amide bonds. The highest BCUT2D eigenvalue weighted by Crippen LogP contribution is 2.34. The third-order valence-corrected chi connectivity index (χ3v) is 5.37. The maximum absolute atomic E-state index is 13.1. The quantitative estimate of drug-likeness (QED) is 0.581. The Balaban J connectivity index is 1.74. The first-order chi connectivity index (χ1) is 13.4. The average Bonchev–Trinajstić information content (AvgIpc) is 3.22. The zero-order valence-corrected chi connectivity index (χ0v) is 16.8. The molecule has 3 rings (SSSR count). The van der Waals surface area contributed by atoms with Gasteiger partial charge in [0.2, 0.25) is 0 Å². The molecule has 0 spiro atoms. The first-order valence-electron chi connectivity index (χ1n) is 8.73. The minimum Gasteiger partial charge on any atom is -0.346 e. The lowest BCUT2D eigenvalue weighted by Gasteiger charge is -2.26. The summed E-state index contributed by atoms with van der Waals surface area (Å²) in [6.45, 7) is 3.69. The van der Waals surface area contributed by atoms with E-state index in [-0.39, 0.29) is 17.4 Å². The monoisotopic (exact) mass is 425 g/mol. The lowest BCUT2D eigenvalue weighted by Crippen LogP contribution is -2.44. The molecule has 0 bridgehead atoms. The Morgan fingerprint density at radius 3 is 2.38 bits per heavy atom. The van der Waals surface area contributed by atoms with E-state index in [4.69, 9.17) is 0 Å². The third kappa shape index (κ3) is 5.03. The Kier molecular flexibility index (Phi) is 5.53. The standard InChI is InChI=1S/C20H19F4N3OS/c1-19(2,11-12-4-6-13(21)7-5-12)25-18(28)16-9-8-15(29-16)14-10-17(20(22,23)24)26-27(14)3/h4-10H,11H2,1-3H3,(H,25,28). The molecule has 0 fully saturated rings. The highest BCUT2D eigenvalue weighted by molar-refractivity contribution is 7.17. The van der Waals surface area contributed by atoms with E-state index in [1.54, 1.807) is 24.3 Å². The summed E-state index contributed by atoms with van der Waals surface area (Å²) < 4.78 is 52.8. The fourth-order valence-corrected chi connectivity index (χ4v) is 3.91. The highest BCUT2D eigenvalue weighted by Gasteiger charge is 2.35. The SMILES string of the molecule is Cn1nc(C(F)(F)F)cc1-c1ccc(C(=O)NC(C)(C)Cc2ccc(F)cc2)s1. The van der Waals surface area contributed by atoms with Crippen LogP contribution in [0.1, 0.15) is 34.8 Å². The maximum Gasteiger partial charge on any atom is 0.435 e. The van der Waals surface area contributed by atoms with Gasteiger partial charge in [0.05, 0.1) is 15.4 Å². The normalized spacial score (nSPS) is 12.2. The van der Waals surface area contributed by atoms with Crippen LogP contribution in [0.15, 0.2) is 42.5 Å². The number of aryl methyl sites for hydroxylation is 1. The van der Waals surface area contributed by atoms with E-state index in [1.165, 1.54) is 19.2 Å². The third-order valence-electron chi connectivity index (χ3n) is 4.26. The fraction of sp³-hybridized carbons (Fsp3) is 0.300. The molecule has 0 saturated heterocycles. The van der Waals surface area contributed by atoms with Crippen molar-refractivity contribution in [3.63, 3.8) is 0 Å². The van der Waals surface area contributed by atoms with E-state index in [1.807, 2.05) is 13.8 Å². The van der Waals surface area contributed by atoms with Crippen molar-refractivity contribution < 1.29 is 22.4 Å². The van der Waals surface area contributed by atoms with E-state index in [9.17, 15) is 22.4 Å².